The summed E-state index contributed by atoms with van der Waals surface area (Å²) in [6, 6.07) is 27.3. The first kappa shape index (κ1) is 14.0. The lowest BCUT2D eigenvalue weighted by atomic mass is 9.90. The smallest absolute Gasteiger partial charge is 0.0709 e. The molecule has 0 amide bonds. The van der Waals surface area contributed by atoms with Crippen molar-refractivity contribution in [2.75, 3.05) is 0 Å². The van der Waals surface area contributed by atoms with Crippen LogP contribution in [0.1, 0.15) is 16.7 Å². The van der Waals surface area contributed by atoms with Crippen molar-refractivity contribution in [3.63, 3.8) is 0 Å². The summed E-state index contributed by atoms with van der Waals surface area (Å²) in [6.07, 6.45) is 4.10. The highest BCUT2D eigenvalue weighted by Crippen LogP contribution is 2.40. The highest BCUT2D eigenvalue weighted by Gasteiger charge is 2.20. The molecule has 0 fully saturated rings. The number of nitrogens with zero attached hydrogens (tertiary/aromatic N) is 1. The summed E-state index contributed by atoms with van der Waals surface area (Å²) in [5.74, 6) is 0. The number of H-pyrrole nitrogens is 1. The Balaban J connectivity index is 1.86. The number of hydrogen-bond donors (Lipinski definition) is 1. The van der Waals surface area contributed by atoms with Gasteiger partial charge in [0.15, 0.2) is 0 Å². The predicted octanol–water partition coefficient (Wildman–Crippen LogP) is 5.84. The van der Waals surface area contributed by atoms with Gasteiger partial charge in [-0.1, -0.05) is 66.7 Å². The summed E-state index contributed by atoms with van der Waals surface area (Å²) in [7, 11) is 0. The van der Waals surface area contributed by atoms with Gasteiger partial charge in [0.2, 0.25) is 0 Å². The maximum Gasteiger partial charge on any atom is 0.0709 e. The van der Waals surface area contributed by atoms with Crippen LogP contribution in [0.25, 0.3) is 22.0 Å². The summed E-state index contributed by atoms with van der Waals surface area (Å²) in [6.45, 7) is 0. The third-order valence-corrected chi connectivity index (χ3v) is 4.72. The average Bonchev–Trinajstić information content (AvgIpc) is 3.29. The average molecular weight is 320 g/mol. The van der Waals surface area contributed by atoms with Crippen molar-refractivity contribution in [3.05, 3.63) is 102 Å². The van der Waals surface area contributed by atoms with Crippen LogP contribution >= 0.6 is 0 Å². The van der Waals surface area contributed by atoms with Gasteiger partial charge in [0, 0.05) is 45.6 Å². The third kappa shape index (κ3) is 2.23. The number of rotatable bonds is 2. The summed E-state index contributed by atoms with van der Waals surface area (Å²) < 4.78 is 0. The highest BCUT2D eigenvalue weighted by atomic mass is 14.8. The molecule has 4 aromatic rings. The topological polar surface area (TPSA) is 28.1 Å². The number of nitrogens with one attached hydrogen (secondary N) is 1. The summed E-state index contributed by atoms with van der Waals surface area (Å²) >= 11 is 0. The first-order valence-corrected chi connectivity index (χ1v) is 8.41. The molecule has 0 aliphatic carbocycles. The number of fused-ring (bicyclic) bond motifs is 2. The number of aliphatic imine (C=N–C) groups is 1. The molecule has 0 saturated heterocycles. The molecule has 0 spiro atoms. The fourth-order valence-electron chi connectivity index (χ4n) is 3.56. The fourth-order valence-corrected chi connectivity index (χ4v) is 3.56. The number of para-hydroxylation sites is 2. The molecule has 1 aliphatic heterocycles. The maximum absolute atomic E-state index is 4.62. The van der Waals surface area contributed by atoms with Gasteiger partial charge in [-0.25, -0.2) is 0 Å². The van der Waals surface area contributed by atoms with Gasteiger partial charge in [-0.15, -0.1) is 0 Å². The van der Waals surface area contributed by atoms with Crippen LogP contribution in [0.3, 0.4) is 0 Å². The van der Waals surface area contributed by atoms with Crippen LogP contribution in [0, 0.1) is 0 Å². The minimum Gasteiger partial charge on any atom is -0.361 e. The number of allylic oxidation sites excluding steroid dienone is 1. The summed E-state index contributed by atoms with van der Waals surface area (Å²) in [4.78, 5) is 8.03. The molecule has 0 saturated carbocycles. The zero-order valence-corrected chi connectivity index (χ0v) is 13.6. The molecule has 0 bridgehead atoms. The maximum atomic E-state index is 4.62. The van der Waals surface area contributed by atoms with Gasteiger partial charge in [0.1, 0.15) is 0 Å². The van der Waals surface area contributed by atoms with Crippen LogP contribution in [0.2, 0.25) is 0 Å². The zero-order valence-electron chi connectivity index (χ0n) is 13.6. The number of hydrogen-bond acceptors (Lipinski definition) is 1. The second-order valence-electron chi connectivity index (χ2n) is 6.18. The second kappa shape index (κ2) is 5.60. The minimum atomic E-state index is 1.03. The Morgan fingerprint density at radius 3 is 2.44 bits per heavy atom. The normalized spacial score (nSPS) is 14.7. The van der Waals surface area contributed by atoms with Gasteiger partial charge in [-0.3, -0.25) is 4.99 Å². The molecule has 1 aromatic heterocycles. The SMILES string of the molecule is C1=Nc2ccccc2C1=C(c1ccccc1)c1c[nH]c2ccccc12. The van der Waals surface area contributed by atoms with E-state index >= 15 is 0 Å². The molecule has 0 radical (unpaired) electrons. The van der Waals surface area contributed by atoms with Crippen molar-refractivity contribution >= 4 is 34.0 Å². The molecular weight excluding hydrogens is 304 g/mol. The van der Waals surface area contributed by atoms with E-state index in [-0.39, 0.29) is 0 Å². The monoisotopic (exact) mass is 320 g/mol. The van der Waals surface area contributed by atoms with Crippen molar-refractivity contribution in [2.45, 2.75) is 0 Å². The van der Waals surface area contributed by atoms with Gasteiger partial charge in [-0.2, -0.15) is 0 Å². The van der Waals surface area contributed by atoms with E-state index < -0.39 is 0 Å². The van der Waals surface area contributed by atoms with Gasteiger partial charge in [0.05, 0.1) is 5.69 Å². The van der Waals surface area contributed by atoms with Crippen LogP contribution in [0.5, 0.6) is 0 Å². The molecule has 1 aliphatic rings. The van der Waals surface area contributed by atoms with Crippen molar-refractivity contribution < 1.29 is 0 Å². The van der Waals surface area contributed by atoms with Gasteiger partial charge in [-0.05, 0) is 17.7 Å². The van der Waals surface area contributed by atoms with Crippen LogP contribution in [-0.4, -0.2) is 11.2 Å². The van der Waals surface area contributed by atoms with E-state index in [1.54, 1.807) is 0 Å². The van der Waals surface area contributed by atoms with E-state index in [9.17, 15) is 0 Å². The van der Waals surface area contributed by atoms with Crippen molar-refractivity contribution in [2.24, 2.45) is 4.99 Å². The molecule has 2 nitrogen and oxygen atoms in total. The number of aromatic amines is 1. The van der Waals surface area contributed by atoms with E-state index in [2.05, 4.69) is 89.0 Å². The van der Waals surface area contributed by atoms with Crippen molar-refractivity contribution in [1.29, 1.82) is 0 Å². The Morgan fingerprint density at radius 2 is 1.52 bits per heavy atom. The van der Waals surface area contributed by atoms with E-state index in [1.807, 2.05) is 12.3 Å². The number of aromatic nitrogens is 1. The molecule has 3 aromatic carbocycles. The first-order chi connectivity index (χ1) is 12.4. The lowest BCUT2D eigenvalue weighted by Crippen LogP contribution is -1.93. The molecule has 2 heterocycles. The minimum absolute atomic E-state index is 1.03. The van der Waals surface area contributed by atoms with Gasteiger partial charge >= 0.3 is 0 Å². The highest BCUT2D eigenvalue weighted by molar-refractivity contribution is 6.27. The fraction of sp³-hybridized carbons (Fsp3) is 0. The third-order valence-electron chi connectivity index (χ3n) is 4.72. The van der Waals surface area contributed by atoms with Gasteiger partial charge in [0.25, 0.3) is 0 Å². The summed E-state index contributed by atoms with van der Waals surface area (Å²) in [5, 5.41) is 1.23. The van der Waals surface area contributed by atoms with E-state index in [0.717, 1.165) is 11.2 Å². The molecule has 5 rings (SSSR count). The quantitative estimate of drug-likeness (QED) is 0.480. The van der Waals surface area contributed by atoms with E-state index in [0.29, 0.717) is 0 Å². The Bertz CT molecular complexity index is 1130. The molecule has 0 unspecified atom stereocenters. The standard InChI is InChI=1S/C23H16N2/c1-2-8-16(9-3-1)23(19-14-24-21-12-6-4-10-17(19)21)20-15-25-22-13-7-5-11-18(20)22/h1-15,24H. The number of benzene rings is 3. The summed E-state index contributed by atoms with van der Waals surface area (Å²) in [5.41, 5.74) is 8.16. The van der Waals surface area contributed by atoms with Crippen LogP contribution in [0.4, 0.5) is 5.69 Å². The largest absolute Gasteiger partial charge is 0.361 e. The molecule has 2 heteroatoms. The first-order valence-electron chi connectivity index (χ1n) is 8.41. The lowest BCUT2D eigenvalue weighted by molar-refractivity contribution is 1.46. The van der Waals surface area contributed by atoms with Crippen LogP contribution < -0.4 is 0 Å². The Kier molecular flexibility index (Phi) is 3.14. The Morgan fingerprint density at radius 1 is 0.760 bits per heavy atom. The Labute approximate surface area is 146 Å². The predicted molar refractivity (Wildman–Crippen MR) is 105 cm³/mol. The van der Waals surface area contributed by atoms with Gasteiger partial charge < -0.3 is 4.98 Å². The molecule has 25 heavy (non-hydrogen) atoms. The van der Waals surface area contributed by atoms with E-state index in [4.69, 9.17) is 0 Å². The Hall–Kier alpha value is -3.39. The van der Waals surface area contributed by atoms with Crippen molar-refractivity contribution in [3.8, 4) is 0 Å². The van der Waals surface area contributed by atoms with Crippen LogP contribution in [-0.2, 0) is 0 Å². The lowest BCUT2D eigenvalue weighted by Gasteiger charge is -2.12. The zero-order chi connectivity index (χ0) is 16.6. The van der Waals surface area contributed by atoms with Crippen LogP contribution in [0.15, 0.2) is 90.1 Å². The molecular formula is C23H16N2. The molecule has 118 valence electrons. The molecule has 1 N–H and O–H groups in total. The molecule has 0 atom stereocenters. The van der Waals surface area contributed by atoms with Crippen molar-refractivity contribution in [1.82, 2.24) is 4.98 Å². The second-order valence-corrected chi connectivity index (χ2v) is 6.18. The van der Waals surface area contributed by atoms with E-state index in [1.165, 1.54) is 33.2 Å².